The lowest BCUT2D eigenvalue weighted by atomic mass is 10.0. The highest BCUT2D eigenvalue weighted by Gasteiger charge is 2.06. The van der Waals surface area contributed by atoms with Gasteiger partial charge in [0.05, 0.1) is 6.04 Å². The molecule has 2 rings (SSSR count). The predicted molar refractivity (Wildman–Crippen MR) is 72.1 cm³/mol. The van der Waals surface area contributed by atoms with Crippen LogP contribution in [0.5, 0.6) is 0 Å². The number of thiophene rings is 1. The van der Waals surface area contributed by atoms with E-state index >= 15 is 0 Å². The molecule has 3 heteroatoms. The SMILES string of the molecule is Cc1ccsc1-c1ccc([C@H](C)NC=O)cc1. The zero-order valence-electron chi connectivity index (χ0n) is 9.94. The lowest BCUT2D eigenvalue weighted by Gasteiger charge is -2.11. The van der Waals surface area contributed by atoms with Crippen LogP contribution < -0.4 is 5.32 Å². The smallest absolute Gasteiger partial charge is 0.207 e. The average Bonchev–Trinajstić information content (AvgIpc) is 2.76. The summed E-state index contributed by atoms with van der Waals surface area (Å²) in [5.74, 6) is 0. The van der Waals surface area contributed by atoms with Crippen molar-refractivity contribution in [1.29, 1.82) is 0 Å². The number of hydrogen-bond donors (Lipinski definition) is 1. The fourth-order valence-electron chi connectivity index (χ4n) is 1.79. The van der Waals surface area contributed by atoms with E-state index in [-0.39, 0.29) is 6.04 Å². The van der Waals surface area contributed by atoms with Gasteiger partial charge >= 0.3 is 0 Å². The van der Waals surface area contributed by atoms with Crippen molar-refractivity contribution < 1.29 is 4.79 Å². The number of hydrogen-bond acceptors (Lipinski definition) is 2. The van der Waals surface area contributed by atoms with Gasteiger partial charge in [-0.1, -0.05) is 24.3 Å². The van der Waals surface area contributed by atoms with E-state index in [1.165, 1.54) is 16.0 Å². The first-order valence-electron chi connectivity index (χ1n) is 5.56. The molecule has 0 spiro atoms. The number of rotatable bonds is 4. The molecular formula is C14H15NOS. The Balaban J connectivity index is 2.24. The van der Waals surface area contributed by atoms with Crippen LogP contribution in [-0.4, -0.2) is 6.41 Å². The fourth-order valence-corrected chi connectivity index (χ4v) is 2.72. The predicted octanol–water partition coefficient (Wildman–Crippen LogP) is 3.53. The van der Waals surface area contributed by atoms with E-state index in [0.29, 0.717) is 0 Å². The Labute approximate surface area is 105 Å². The minimum atomic E-state index is 0.0611. The molecule has 1 N–H and O–H groups in total. The van der Waals surface area contributed by atoms with E-state index in [4.69, 9.17) is 0 Å². The average molecular weight is 245 g/mol. The second kappa shape index (κ2) is 5.15. The molecule has 1 heterocycles. The first-order valence-corrected chi connectivity index (χ1v) is 6.44. The van der Waals surface area contributed by atoms with E-state index < -0.39 is 0 Å². The molecule has 0 bridgehead atoms. The molecule has 88 valence electrons. The Morgan fingerprint density at radius 3 is 2.47 bits per heavy atom. The van der Waals surface area contributed by atoms with E-state index in [0.717, 1.165) is 12.0 Å². The van der Waals surface area contributed by atoms with Crippen molar-refractivity contribution >= 4 is 17.7 Å². The molecule has 0 aliphatic carbocycles. The van der Waals surface area contributed by atoms with Crippen molar-refractivity contribution in [3.8, 4) is 10.4 Å². The molecule has 0 saturated carbocycles. The van der Waals surface area contributed by atoms with Gasteiger partial charge in [-0.05, 0) is 42.0 Å². The van der Waals surface area contributed by atoms with Crippen LogP contribution >= 0.6 is 11.3 Å². The summed E-state index contributed by atoms with van der Waals surface area (Å²) in [6.07, 6.45) is 0.738. The summed E-state index contributed by atoms with van der Waals surface area (Å²) in [6, 6.07) is 10.5. The van der Waals surface area contributed by atoms with Crippen LogP contribution in [0.25, 0.3) is 10.4 Å². The first-order chi connectivity index (χ1) is 8.22. The Bertz CT molecular complexity index is 501. The molecule has 1 aromatic carbocycles. The number of aryl methyl sites for hydroxylation is 1. The summed E-state index contributed by atoms with van der Waals surface area (Å²) < 4.78 is 0. The van der Waals surface area contributed by atoms with Crippen molar-refractivity contribution in [2.24, 2.45) is 0 Å². The van der Waals surface area contributed by atoms with Gasteiger partial charge < -0.3 is 5.32 Å². The molecule has 0 saturated heterocycles. The molecule has 0 aliphatic heterocycles. The first kappa shape index (κ1) is 11.9. The molecule has 17 heavy (non-hydrogen) atoms. The number of benzene rings is 1. The molecule has 1 amide bonds. The third-order valence-electron chi connectivity index (χ3n) is 2.85. The van der Waals surface area contributed by atoms with Crippen molar-refractivity contribution in [3.63, 3.8) is 0 Å². The van der Waals surface area contributed by atoms with Crippen LogP contribution in [0.15, 0.2) is 35.7 Å². The van der Waals surface area contributed by atoms with Crippen LogP contribution in [0.2, 0.25) is 0 Å². The molecular weight excluding hydrogens is 230 g/mol. The van der Waals surface area contributed by atoms with Gasteiger partial charge in [-0.2, -0.15) is 0 Å². The van der Waals surface area contributed by atoms with Gasteiger partial charge in [-0.15, -0.1) is 11.3 Å². The maximum Gasteiger partial charge on any atom is 0.207 e. The van der Waals surface area contributed by atoms with Crippen LogP contribution in [-0.2, 0) is 4.79 Å². The van der Waals surface area contributed by atoms with Gasteiger partial charge in [0.2, 0.25) is 6.41 Å². The highest BCUT2D eigenvalue weighted by molar-refractivity contribution is 7.13. The highest BCUT2D eigenvalue weighted by Crippen LogP contribution is 2.29. The van der Waals surface area contributed by atoms with Gasteiger partial charge in [0.1, 0.15) is 0 Å². The van der Waals surface area contributed by atoms with Gasteiger partial charge in [-0.25, -0.2) is 0 Å². The zero-order chi connectivity index (χ0) is 12.3. The van der Waals surface area contributed by atoms with Crippen LogP contribution in [0.1, 0.15) is 24.1 Å². The highest BCUT2D eigenvalue weighted by atomic mass is 32.1. The maximum absolute atomic E-state index is 10.4. The Morgan fingerprint density at radius 1 is 1.24 bits per heavy atom. The molecule has 1 atom stereocenters. The number of carbonyl (C=O) groups is 1. The van der Waals surface area contributed by atoms with E-state index in [1.54, 1.807) is 11.3 Å². The lowest BCUT2D eigenvalue weighted by Crippen LogP contribution is -2.15. The Kier molecular flexibility index (Phi) is 3.59. The summed E-state index contributed by atoms with van der Waals surface area (Å²) >= 11 is 1.76. The summed E-state index contributed by atoms with van der Waals surface area (Å²) in [4.78, 5) is 11.7. The van der Waals surface area contributed by atoms with Crippen LogP contribution in [0.4, 0.5) is 0 Å². The van der Waals surface area contributed by atoms with Crippen molar-refractivity contribution in [3.05, 3.63) is 46.8 Å². The minimum absolute atomic E-state index is 0.0611. The van der Waals surface area contributed by atoms with Crippen molar-refractivity contribution in [2.75, 3.05) is 0 Å². The molecule has 2 aromatic rings. The standard InChI is InChI=1S/C14H15NOS/c1-10-7-8-17-14(10)13-5-3-12(4-6-13)11(2)15-9-16/h3-9,11H,1-2H3,(H,15,16)/t11-/m0/s1. The quantitative estimate of drug-likeness (QED) is 0.820. The summed E-state index contributed by atoms with van der Waals surface area (Å²) in [7, 11) is 0. The van der Waals surface area contributed by atoms with Gasteiger partial charge in [0.15, 0.2) is 0 Å². The third-order valence-corrected chi connectivity index (χ3v) is 3.92. The normalized spacial score (nSPS) is 12.1. The zero-order valence-corrected chi connectivity index (χ0v) is 10.8. The number of carbonyl (C=O) groups excluding carboxylic acids is 1. The monoisotopic (exact) mass is 245 g/mol. The third kappa shape index (κ3) is 2.56. The van der Waals surface area contributed by atoms with E-state index in [1.807, 2.05) is 6.92 Å². The van der Waals surface area contributed by atoms with Gasteiger partial charge in [0.25, 0.3) is 0 Å². The maximum atomic E-state index is 10.4. The Hall–Kier alpha value is -1.61. The molecule has 0 fully saturated rings. The lowest BCUT2D eigenvalue weighted by molar-refractivity contribution is -0.110. The molecule has 2 nitrogen and oxygen atoms in total. The topological polar surface area (TPSA) is 29.1 Å². The number of amides is 1. The van der Waals surface area contributed by atoms with Gasteiger partial charge in [-0.3, -0.25) is 4.79 Å². The van der Waals surface area contributed by atoms with Gasteiger partial charge in [0, 0.05) is 4.88 Å². The largest absolute Gasteiger partial charge is 0.352 e. The molecule has 1 aromatic heterocycles. The fraction of sp³-hybridized carbons (Fsp3) is 0.214. The minimum Gasteiger partial charge on any atom is -0.352 e. The van der Waals surface area contributed by atoms with Crippen LogP contribution in [0.3, 0.4) is 0 Å². The number of nitrogens with one attached hydrogen (secondary N) is 1. The van der Waals surface area contributed by atoms with E-state index in [2.05, 4.69) is 48.0 Å². The summed E-state index contributed by atoms with van der Waals surface area (Å²) in [5, 5.41) is 4.86. The van der Waals surface area contributed by atoms with Crippen molar-refractivity contribution in [2.45, 2.75) is 19.9 Å². The molecule has 0 unspecified atom stereocenters. The second-order valence-electron chi connectivity index (χ2n) is 4.06. The summed E-state index contributed by atoms with van der Waals surface area (Å²) in [6.45, 7) is 4.09. The second-order valence-corrected chi connectivity index (χ2v) is 4.98. The summed E-state index contributed by atoms with van der Waals surface area (Å²) in [5.41, 5.74) is 3.66. The van der Waals surface area contributed by atoms with Crippen LogP contribution in [0, 0.1) is 6.92 Å². The van der Waals surface area contributed by atoms with Crippen molar-refractivity contribution in [1.82, 2.24) is 5.32 Å². The Morgan fingerprint density at radius 2 is 1.94 bits per heavy atom. The molecule has 0 radical (unpaired) electrons. The molecule has 0 aliphatic rings. The van der Waals surface area contributed by atoms with E-state index in [9.17, 15) is 4.79 Å².